The summed E-state index contributed by atoms with van der Waals surface area (Å²) in [6.07, 6.45) is 4.79. The number of aliphatic imine (C=N–C) groups is 1. The second-order valence-electron chi connectivity index (χ2n) is 6.58. The Hall–Kier alpha value is -1.65. The zero-order chi connectivity index (χ0) is 18.7. The van der Waals surface area contributed by atoms with Crippen LogP contribution in [0.3, 0.4) is 0 Å². The molecule has 2 heterocycles. The van der Waals surface area contributed by atoms with Crippen molar-refractivity contribution in [2.75, 3.05) is 46.4 Å². The maximum Gasteiger partial charge on any atom is 0.191 e. The summed E-state index contributed by atoms with van der Waals surface area (Å²) in [5, 5.41) is 11.1. The summed E-state index contributed by atoms with van der Waals surface area (Å²) in [7, 11) is 1.81. The fourth-order valence-electron chi connectivity index (χ4n) is 3.32. The van der Waals surface area contributed by atoms with Gasteiger partial charge in [-0.15, -0.1) is 24.0 Å². The van der Waals surface area contributed by atoms with Crippen LogP contribution in [0.25, 0.3) is 0 Å². The van der Waals surface area contributed by atoms with Gasteiger partial charge in [0.2, 0.25) is 0 Å². The fourth-order valence-corrected chi connectivity index (χ4v) is 3.32. The van der Waals surface area contributed by atoms with E-state index in [2.05, 4.69) is 56.0 Å². The van der Waals surface area contributed by atoms with Crippen molar-refractivity contribution in [2.45, 2.75) is 19.0 Å². The van der Waals surface area contributed by atoms with E-state index in [1.165, 1.54) is 5.56 Å². The van der Waals surface area contributed by atoms with Crippen LogP contribution in [0, 0.1) is 0 Å². The molecule has 1 aliphatic rings. The first-order valence-electron chi connectivity index (χ1n) is 9.65. The molecule has 2 N–H and O–H groups in total. The molecule has 1 aliphatic heterocycles. The van der Waals surface area contributed by atoms with Gasteiger partial charge in [-0.1, -0.05) is 30.3 Å². The molecule has 0 radical (unpaired) electrons. The molecule has 8 heteroatoms. The topological polar surface area (TPSA) is 66.7 Å². The van der Waals surface area contributed by atoms with E-state index < -0.39 is 0 Å². The van der Waals surface area contributed by atoms with Gasteiger partial charge >= 0.3 is 0 Å². The van der Waals surface area contributed by atoms with Crippen molar-refractivity contribution in [3.63, 3.8) is 0 Å². The third-order valence-electron chi connectivity index (χ3n) is 4.77. The number of benzene rings is 1. The Morgan fingerprint density at radius 2 is 1.96 bits per heavy atom. The van der Waals surface area contributed by atoms with E-state index in [0.29, 0.717) is 6.04 Å². The first kappa shape index (κ1) is 22.6. The first-order valence-corrected chi connectivity index (χ1v) is 9.65. The normalized spacial score (nSPS) is 16.2. The molecule has 0 spiro atoms. The average molecular weight is 498 g/mol. The molecule has 3 rings (SSSR count). The Morgan fingerprint density at radius 1 is 1.18 bits per heavy atom. The number of halogens is 1. The van der Waals surface area contributed by atoms with Gasteiger partial charge in [-0.2, -0.15) is 5.10 Å². The van der Waals surface area contributed by atoms with Gasteiger partial charge in [0.05, 0.1) is 19.3 Å². The maximum absolute atomic E-state index is 5.52. The van der Waals surface area contributed by atoms with Crippen molar-refractivity contribution < 1.29 is 4.74 Å². The second kappa shape index (κ2) is 12.7. The summed E-state index contributed by atoms with van der Waals surface area (Å²) < 4.78 is 7.47. The van der Waals surface area contributed by atoms with Crippen LogP contribution in [-0.2, 0) is 11.3 Å². The van der Waals surface area contributed by atoms with E-state index in [1.54, 1.807) is 0 Å². The van der Waals surface area contributed by atoms with Gasteiger partial charge in [0.1, 0.15) is 0 Å². The van der Waals surface area contributed by atoms with Crippen molar-refractivity contribution >= 4 is 29.9 Å². The third kappa shape index (κ3) is 7.06. The van der Waals surface area contributed by atoms with E-state index in [-0.39, 0.29) is 24.0 Å². The summed E-state index contributed by atoms with van der Waals surface area (Å²) in [6.45, 7) is 6.06. The zero-order valence-corrected chi connectivity index (χ0v) is 18.8. The van der Waals surface area contributed by atoms with Gasteiger partial charge in [-0.05, 0) is 18.1 Å². The molecule has 0 aliphatic carbocycles. The molecule has 1 unspecified atom stereocenters. The highest BCUT2D eigenvalue weighted by Crippen LogP contribution is 2.20. The highest BCUT2D eigenvalue weighted by molar-refractivity contribution is 14.0. The van der Waals surface area contributed by atoms with Crippen LogP contribution in [0.1, 0.15) is 18.0 Å². The lowest BCUT2D eigenvalue weighted by molar-refractivity contribution is 0.0170. The second-order valence-corrected chi connectivity index (χ2v) is 6.58. The number of rotatable bonds is 8. The van der Waals surface area contributed by atoms with E-state index >= 15 is 0 Å². The van der Waals surface area contributed by atoms with E-state index in [0.717, 1.165) is 58.3 Å². The standard InChI is InChI=1S/C20H30N6O.HI/c1-21-20(22-9-5-11-26-12-6-10-24-26)23-17-19(18-7-3-2-4-8-18)25-13-15-27-16-14-25;/h2-4,6-8,10,12,19H,5,9,11,13-17H2,1H3,(H2,21,22,23);1H. The molecule has 1 saturated heterocycles. The molecule has 1 aromatic heterocycles. The van der Waals surface area contributed by atoms with E-state index in [1.807, 2.05) is 30.2 Å². The molecule has 0 amide bonds. The van der Waals surface area contributed by atoms with Crippen molar-refractivity contribution in [3.05, 3.63) is 54.4 Å². The molecule has 7 nitrogen and oxygen atoms in total. The smallest absolute Gasteiger partial charge is 0.191 e. The molecule has 2 aromatic rings. The summed E-state index contributed by atoms with van der Waals surface area (Å²) >= 11 is 0. The molecule has 0 bridgehead atoms. The molecule has 0 saturated carbocycles. The minimum absolute atomic E-state index is 0. The largest absolute Gasteiger partial charge is 0.379 e. The number of morpholine rings is 1. The SMILES string of the molecule is CN=C(NCCCn1cccn1)NCC(c1ccccc1)N1CCOCC1.I. The Morgan fingerprint density at radius 3 is 2.64 bits per heavy atom. The fraction of sp³-hybridized carbons (Fsp3) is 0.500. The van der Waals surface area contributed by atoms with Crippen molar-refractivity contribution in [3.8, 4) is 0 Å². The van der Waals surface area contributed by atoms with Crippen LogP contribution in [-0.4, -0.2) is 67.1 Å². The molecular weight excluding hydrogens is 467 g/mol. The lowest BCUT2D eigenvalue weighted by Crippen LogP contribution is -2.46. The van der Waals surface area contributed by atoms with Crippen LogP contribution < -0.4 is 10.6 Å². The number of nitrogens with one attached hydrogen (secondary N) is 2. The summed E-state index contributed by atoms with van der Waals surface area (Å²) in [6, 6.07) is 12.9. The summed E-state index contributed by atoms with van der Waals surface area (Å²) in [4.78, 5) is 6.85. The number of ether oxygens (including phenoxy) is 1. The molecule has 154 valence electrons. The lowest BCUT2D eigenvalue weighted by atomic mass is 10.0. The quantitative estimate of drug-likeness (QED) is 0.253. The van der Waals surface area contributed by atoms with Crippen molar-refractivity contribution in [1.82, 2.24) is 25.3 Å². The number of guanidine groups is 1. The third-order valence-corrected chi connectivity index (χ3v) is 4.77. The molecule has 28 heavy (non-hydrogen) atoms. The Labute approximate surface area is 184 Å². The number of hydrogen-bond acceptors (Lipinski definition) is 4. The van der Waals surface area contributed by atoms with Crippen LogP contribution >= 0.6 is 24.0 Å². The predicted molar refractivity (Wildman–Crippen MR) is 123 cm³/mol. The van der Waals surface area contributed by atoms with E-state index in [9.17, 15) is 0 Å². The van der Waals surface area contributed by atoms with Gasteiger partial charge in [0.15, 0.2) is 5.96 Å². The molecule has 1 aromatic carbocycles. The maximum atomic E-state index is 5.52. The van der Waals surface area contributed by atoms with Crippen LogP contribution in [0.15, 0.2) is 53.8 Å². The van der Waals surface area contributed by atoms with Gasteiger partial charge in [-0.25, -0.2) is 0 Å². The van der Waals surface area contributed by atoms with Gasteiger partial charge in [0.25, 0.3) is 0 Å². The molecule has 1 atom stereocenters. The van der Waals surface area contributed by atoms with Gasteiger partial charge in [-0.3, -0.25) is 14.6 Å². The number of hydrogen-bond donors (Lipinski definition) is 2. The minimum Gasteiger partial charge on any atom is -0.379 e. The first-order chi connectivity index (χ1) is 13.4. The number of nitrogens with zero attached hydrogens (tertiary/aromatic N) is 4. The van der Waals surface area contributed by atoms with Gasteiger partial charge in [0, 0.05) is 52.2 Å². The van der Waals surface area contributed by atoms with Crippen LogP contribution in [0.5, 0.6) is 0 Å². The summed E-state index contributed by atoms with van der Waals surface area (Å²) in [5.74, 6) is 0.838. The monoisotopic (exact) mass is 498 g/mol. The highest BCUT2D eigenvalue weighted by Gasteiger charge is 2.22. The average Bonchev–Trinajstić information content (AvgIpc) is 3.25. The molecule has 1 fully saturated rings. The van der Waals surface area contributed by atoms with Crippen molar-refractivity contribution in [2.24, 2.45) is 4.99 Å². The number of aromatic nitrogens is 2. The Balaban J connectivity index is 0.00000280. The minimum atomic E-state index is 0. The zero-order valence-electron chi connectivity index (χ0n) is 16.5. The van der Waals surface area contributed by atoms with Gasteiger partial charge < -0.3 is 15.4 Å². The Kier molecular flexibility index (Phi) is 10.3. The van der Waals surface area contributed by atoms with Crippen LogP contribution in [0.2, 0.25) is 0 Å². The number of aryl methyl sites for hydroxylation is 1. The molecular formula is C20H31IN6O. The predicted octanol–water partition coefficient (Wildman–Crippen LogP) is 2.13. The lowest BCUT2D eigenvalue weighted by Gasteiger charge is -2.35. The van der Waals surface area contributed by atoms with Crippen molar-refractivity contribution in [1.29, 1.82) is 0 Å². The Bertz CT molecular complexity index is 673. The van der Waals surface area contributed by atoms with E-state index in [4.69, 9.17) is 4.74 Å². The summed E-state index contributed by atoms with van der Waals surface area (Å²) in [5.41, 5.74) is 1.32. The van der Waals surface area contributed by atoms with Crippen LogP contribution in [0.4, 0.5) is 0 Å². The highest BCUT2D eigenvalue weighted by atomic mass is 127.